The number of amides is 1. The van der Waals surface area contributed by atoms with Gasteiger partial charge in [0.15, 0.2) is 0 Å². The van der Waals surface area contributed by atoms with Crippen LogP contribution in [-0.4, -0.2) is 59.3 Å². The molecule has 2 saturated heterocycles. The van der Waals surface area contributed by atoms with Gasteiger partial charge in [-0.3, -0.25) is 9.78 Å². The predicted octanol–water partition coefficient (Wildman–Crippen LogP) is 2.08. The molecule has 142 valence electrons. The summed E-state index contributed by atoms with van der Waals surface area (Å²) in [5.41, 5.74) is 1.10. The average molecular weight is 369 g/mol. The Labute approximate surface area is 158 Å². The van der Waals surface area contributed by atoms with Crippen molar-refractivity contribution in [2.75, 3.05) is 26.8 Å². The van der Waals surface area contributed by atoms with Gasteiger partial charge in [-0.2, -0.15) is 0 Å². The quantitative estimate of drug-likeness (QED) is 0.803. The van der Waals surface area contributed by atoms with E-state index in [1.807, 2.05) is 18.2 Å². The van der Waals surface area contributed by atoms with Crippen molar-refractivity contribution in [3.8, 4) is 5.88 Å². The maximum atomic E-state index is 12.7. The molecule has 7 heteroatoms. The molecule has 2 aromatic heterocycles. The maximum absolute atomic E-state index is 12.7. The molecular formula is C20H23N3O4. The maximum Gasteiger partial charge on any atom is 0.259 e. The third kappa shape index (κ3) is 3.79. The zero-order valence-corrected chi connectivity index (χ0v) is 15.3. The Hall–Kier alpha value is -2.51. The molecule has 0 saturated carbocycles. The van der Waals surface area contributed by atoms with E-state index in [0.29, 0.717) is 37.7 Å². The summed E-state index contributed by atoms with van der Waals surface area (Å²) in [4.78, 5) is 22.9. The number of aromatic nitrogens is 2. The zero-order valence-electron chi connectivity index (χ0n) is 15.3. The molecule has 2 fully saturated rings. The first-order chi connectivity index (χ1) is 13.2. The summed E-state index contributed by atoms with van der Waals surface area (Å²) in [6.07, 6.45) is 5.14. The van der Waals surface area contributed by atoms with Crippen LogP contribution in [-0.2, 0) is 16.1 Å². The van der Waals surface area contributed by atoms with Crippen molar-refractivity contribution < 1.29 is 19.0 Å². The van der Waals surface area contributed by atoms with Gasteiger partial charge in [-0.05, 0) is 30.7 Å². The first kappa shape index (κ1) is 17.9. The third-order valence-corrected chi connectivity index (χ3v) is 5.08. The fourth-order valence-electron chi connectivity index (χ4n) is 3.71. The van der Waals surface area contributed by atoms with Crippen LogP contribution in [0.25, 0.3) is 0 Å². The molecule has 2 aliphatic rings. The minimum atomic E-state index is -0.307. The molecule has 4 rings (SSSR count). The number of rotatable bonds is 5. The van der Waals surface area contributed by atoms with Gasteiger partial charge in [-0.1, -0.05) is 6.07 Å². The number of hydrogen-bond acceptors (Lipinski definition) is 6. The van der Waals surface area contributed by atoms with Crippen molar-refractivity contribution in [3.63, 3.8) is 0 Å². The van der Waals surface area contributed by atoms with Crippen LogP contribution in [0.4, 0.5) is 0 Å². The Kier molecular flexibility index (Phi) is 5.05. The first-order valence-electron chi connectivity index (χ1n) is 9.13. The number of methoxy groups -OCH3 is 1. The molecule has 7 nitrogen and oxygen atoms in total. The normalized spacial score (nSPS) is 20.9. The Morgan fingerprint density at radius 3 is 2.89 bits per heavy atom. The standard InChI is InChI=1S/C20H23N3O4/c1-25-18-17(6-4-9-22-18)19(24)23-13-20(14-23)11-16(7-10-27-20)26-12-15-5-2-3-8-21-15/h2-6,8-9,16H,7,10-14H2,1H3. The van der Waals surface area contributed by atoms with Crippen LogP contribution >= 0.6 is 0 Å². The van der Waals surface area contributed by atoms with Crippen LogP contribution in [0.5, 0.6) is 5.88 Å². The van der Waals surface area contributed by atoms with E-state index < -0.39 is 0 Å². The molecule has 0 aliphatic carbocycles. The third-order valence-electron chi connectivity index (χ3n) is 5.08. The van der Waals surface area contributed by atoms with Gasteiger partial charge in [0.05, 0.1) is 38.6 Å². The number of carbonyl (C=O) groups excluding carboxylic acids is 1. The minimum absolute atomic E-state index is 0.0781. The monoisotopic (exact) mass is 369 g/mol. The second-order valence-corrected chi connectivity index (χ2v) is 7.00. The molecule has 2 aromatic rings. The van der Waals surface area contributed by atoms with E-state index in [2.05, 4.69) is 9.97 Å². The van der Waals surface area contributed by atoms with Crippen molar-refractivity contribution in [1.82, 2.24) is 14.9 Å². The lowest BCUT2D eigenvalue weighted by atomic mass is 9.84. The van der Waals surface area contributed by atoms with E-state index in [4.69, 9.17) is 14.2 Å². The summed E-state index contributed by atoms with van der Waals surface area (Å²) in [6, 6.07) is 9.28. The summed E-state index contributed by atoms with van der Waals surface area (Å²) < 4.78 is 17.3. The highest BCUT2D eigenvalue weighted by Gasteiger charge is 2.50. The number of likely N-dealkylation sites (tertiary alicyclic amines) is 1. The fourth-order valence-corrected chi connectivity index (χ4v) is 3.71. The summed E-state index contributed by atoms with van der Waals surface area (Å²) in [7, 11) is 1.52. The van der Waals surface area contributed by atoms with Crippen molar-refractivity contribution in [2.45, 2.75) is 31.2 Å². The lowest BCUT2D eigenvalue weighted by molar-refractivity contribution is -0.188. The minimum Gasteiger partial charge on any atom is -0.480 e. The predicted molar refractivity (Wildman–Crippen MR) is 97.4 cm³/mol. The molecule has 1 amide bonds. The van der Waals surface area contributed by atoms with E-state index in [1.54, 1.807) is 29.4 Å². The summed E-state index contributed by atoms with van der Waals surface area (Å²) in [6.45, 7) is 2.27. The molecule has 1 unspecified atom stereocenters. The van der Waals surface area contributed by atoms with Crippen LogP contribution in [0, 0.1) is 0 Å². The summed E-state index contributed by atoms with van der Waals surface area (Å²) in [5.74, 6) is 0.273. The SMILES string of the molecule is COc1ncccc1C(=O)N1CC2(CC(OCc3ccccn3)CCO2)C1. The second-order valence-electron chi connectivity index (χ2n) is 7.00. The van der Waals surface area contributed by atoms with Gasteiger partial charge in [0.1, 0.15) is 11.2 Å². The van der Waals surface area contributed by atoms with E-state index in [-0.39, 0.29) is 17.6 Å². The Balaban J connectivity index is 1.33. The highest BCUT2D eigenvalue weighted by atomic mass is 16.5. The molecule has 4 heterocycles. The second kappa shape index (κ2) is 7.62. The number of pyridine rings is 2. The van der Waals surface area contributed by atoms with Crippen LogP contribution < -0.4 is 4.74 Å². The van der Waals surface area contributed by atoms with Gasteiger partial charge in [0, 0.05) is 25.4 Å². The average Bonchev–Trinajstić information content (AvgIpc) is 2.71. The number of ether oxygens (including phenoxy) is 3. The molecule has 0 aromatic carbocycles. The number of carbonyl (C=O) groups is 1. The topological polar surface area (TPSA) is 73.8 Å². The number of nitrogens with zero attached hydrogens (tertiary/aromatic N) is 3. The Morgan fingerprint density at radius 2 is 2.11 bits per heavy atom. The highest BCUT2D eigenvalue weighted by molar-refractivity contribution is 5.97. The molecule has 2 aliphatic heterocycles. The molecule has 1 spiro atoms. The van der Waals surface area contributed by atoms with Crippen molar-refractivity contribution in [3.05, 3.63) is 54.0 Å². The van der Waals surface area contributed by atoms with E-state index >= 15 is 0 Å². The highest BCUT2D eigenvalue weighted by Crippen LogP contribution is 2.36. The summed E-state index contributed by atoms with van der Waals surface area (Å²) >= 11 is 0. The molecule has 27 heavy (non-hydrogen) atoms. The Bertz CT molecular complexity index is 793. The largest absolute Gasteiger partial charge is 0.480 e. The Morgan fingerprint density at radius 1 is 1.26 bits per heavy atom. The van der Waals surface area contributed by atoms with E-state index in [1.165, 1.54) is 7.11 Å². The molecule has 0 bridgehead atoms. The number of hydrogen-bond donors (Lipinski definition) is 0. The smallest absolute Gasteiger partial charge is 0.259 e. The van der Waals surface area contributed by atoms with Crippen molar-refractivity contribution >= 4 is 5.91 Å². The van der Waals surface area contributed by atoms with Gasteiger partial charge in [0.25, 0.3) is 5.91 Å². The van der Waals surface area contributed by atoms with E-state index in [9.17, 15) is 4.79 Å². The van der Waals surface area contributed by atoms with Crippen LogP contribution in [0.3, 0.4) is 0 Å². The lowest BCUT2D eigenvalue weighted by Crippen LogP contribution is -2.67. The van der Waals surface area contributed by atoms with Gasteiger partial charge in [-0.15, -0.1) is 0 Å². The van der Waals surface area contributed by atoms with Crippen LogP contribution in [0.2, 0.25) is 0 Å². The van der Waals surface area contributed by atoms with Crippen LogP contribution in [0.1, 0.15) is 28.9 Å². The lowest BCUT2D eigenvalue weighted by Gasteiger charge is -2.53. The van der Waals surface area contributed by atoms with Crippen molar-refractivity contribution in [1.29, 1.82) is 0 Å². The zero-order chi connectivity index (χ0) is 18.7. The van der Waals surface area contributed by atoms with Gasteiger partial charge in [0.2, 0.25) is 5.88 Å². The molecule has 1 atom stereocenters. The molecule has 0 radical (unpaired) electrons. The van der Waals surface area contributed by atoms with Gasteiger partial charge < -0.3 is 19.1 Å². The first-order valence-corrected chi connectivity index (χ1v) is 9.13. The van der Waals surface area contributed by atoms with Gasteiger partial charge in [-0.25, -0.2) is 4.98 Å². The van der Waals surface area contributed by atoms with Gasteiger partial charge >= 0.3 is 0 Å². The fraction of sp³-hybridized carbons (Fsp3) is 0.450. The molecule has 0 N–H and O–H groups in total. The van der Waals surface area contributed by atoms with E-state index in [0.717, 1.165) is 18.5 Å². The van der Waals surface area contributed by atoms with Crippen molar-refractivity contribution in [2.24, 2.45) is 0 Å². The summed E-state index contributed by atoms with van der Waals surface area (Å²) in [5, 5.41) is 0. The molecular weight excluding hydrogens is 346 g/mol. The van der Waals surface area contributed by atoms with Crippen LogP contribution in [0.15, 0.2) is 42.7 Å².